The molecule has 0 aromatic heterocycles. The summed E-state index contributed by atoms with van der Waals surface area (Å²) in [4.78, 5) is 0. The summed E-state index contributed by atoms with van der Waals surface area (Å²) in [5, 5.41) is 0. The van der Waals surface area contributed by atoms with Crippen LogP contribution in [0.25, 0.3) is 22.3 Å². The Morgan fingerprint density at radius 2 is 0.829 bits per heavy atom. The molecule has 35 heavy (non-hydrogen) atoms. The van der Waals surface area contributed by atoms with Gasteiger partial charge >= 0.3 is 0 Å². The first-order valence-electron chi connectivity index (χ1n) is 13.8. The summed E-state index contributed by atoms with van der Waals surface area (Å²) in [6.45, 7) is 4.39. The molecule has 3 rings (SSSR count). The van der Waals surface area contributed by atoms with Crippen molar-refractivity contribution >= 4 is 0 Å². The van der Waals surface area contributed by atoms with Crippen molar-refractivity contribution in [3.05, 3.63) is 83.4 Å². The van der Waals surface area contributed by atoms with Crippen LogP contribution >= 0.6 is 0 Å². The van der Waals surface area contributed by atoms with E-state index < -0.39 is 11.6 Å². The fourth-order valence-electron chi connectivity index (χ4n) is 4.80. The van der Waals surface area contributed by atoms with E-state index in [0.29, 0.717) is 16.7 Å². The van der Waals surface area contributed by atoms with Crippen LogP contribution < -0.4 is 0 Å². The van der Waals surface area contributed by atoms with Gasteiger partial charge in [-0.15, -0.1) is 0 Å². The molecule has 0 nitrogen and oxygen atoms in total. The zero-order valence-electron chi connectivity index (χ0n) is 21.7. The Morgan fingerprint density at radius 3 is 1.26 bits per heavy atom. The van der Waals surface area contributed by atoms with E-state index in [1.54, 1.807) is 12.1 Å². The van der Waals surface area contributed by atoms with E-state index >= 15 is 0 Å². The number of hydrogen-bond acceptors (Lipinski definition) is 0. The van der Waals surface area contributed by atoms with E-state index in [2.05, 4.69) is 26.0 Å². The molecule has 3 aromatic rings. The molecule has 0 fully saturated rings. The van der Waals surface area contributed by atoms with Gasteiger partial charge in [-0.1, -0.05) is 139 Å². The van der Waals surface area contributed by atoms with Gasteiger partial charge in [0, 0.05) is 11.1 Å². The number of aryl methyl sites for hydroxylation is 2. The van der Waals surface area contributed by atoms with Crippen molar-refractivity contribution in [2.45, 2.75) is 97.3 Å². The minimum atomic E-state index is -0.778. The van der Waals surface area contributed by atoms with Crippen LogP contribution in [-0.2, 0) is 12.8 Å². The molecule has 0 N–H and O–H groups in total. The number of unbranched alkanes of at least 4 members (excludes halogenated alkanes) is 9. The first-order valence-corrected chi connectivity index (χ1v) is 13.8. The normalized spacial score (nSPS) is 11.2. The molecule has 3 aromatic carbocycles. The molecule has 0 aliphatic carbocycles. The summed E-state index contributed by atoms with van der Waals surface area (Å²) < 4.78 is 30.0. The first-order chi connectivity index (χ1) is 17.1. The second-order valence-corrected chi connectivity index (χ2v) is 9.86. The molecule has 0 aliphatic rings. The fraction of sp³-hybridized carbons (Fsp3) is 0.455. The standard InChI is InChI=1S/C33H42F2/c1-3-5-6-7-8-9-10-11-12-13-15-27-18-22-29(23-19-27)31-25-24-30(32(34)33(31)35)28-20-16-26(14-4-2)17-21-28/h16-25H,3-15H2,1-2H3. The average molecular weight is 477 g/mol. The lowest BCUT2D eigenvalue weighted by Gasteiger charge is -2.11. The second-order valence-electron chi connectivity index (χ2n) is 9.86. The molecule has 0 unspecified atom stereocenters. The van der Waals surface area contributed by atoms with Crippen molar-refractivity contribution in [1.82, 2.24) is 0 Å². The molecular formula is C33H42F2. The van der Waals surface area contributed by atoms with E-state index in [1.807, 2.05) is 36.4 Å². The summed E-state index contributed by atoms with van der Waals surface area (Å²) in [6.07, 6.45) is 16.4. The molecule has 0 spiro atoms. The van der Waals surface area contributed by atoms with Crippen LogP contribution in [0.3, 0.4) is 0 Å². The Balaban J connectivity index is 1.50. The lowest BCUT2D eigenvalue weighted by atomic mass is 9.96. The van der Waals surface area contributed by atoms with Crippen LogP contribution in [0, 0.1) is 11.6 Å². The maximum atomic E-state index is 15.0. The predicted molar refractivity (Wildman–Crippen MR) is 147 cm³/mol. The van der Waals surface area contributed by atoms with Gasteiger partial charge in [0.1, 0.15) is 0 Å². The smallest absolute Gasteiger partial charge is 0.167 e. The van der Waals surface area contributed by atoms with Crippen molar-refractivity contribution in [1.29, 1.82) is 0 Å². The van der Waals surface area contributed by atoms with Gasteiger partial charge in [0.2, 0.25) is 0 Å². The summed E-state index contributed by atoms with van der Waals surface area (Å²) >= 11 is 0. The Hall–Kier alpha value is -2.48. The van der Waals surface area contributed by atoms with Crippen LogP contribution in [0.2, 0.25) is 0 Å². The van der Waals surface area contributed by atoms with Crippen LogP contribution in [-0.4, -0.2) is 0 Å². The summed E-state index contributed by atoms with van der Waals surface area (Å²) in [5.74, 6) is -1.55. The largest absolute Gasteiger partial charge is 0.203 e. The van der Waals surface area contributed by atoms with Crippen molar-refractivity contribution in [2.24, 2.45) is 0 Å². The molecular weight excluding hydrogens is 434 g/mol. The summed E-state index contributed by atoms with van der Waals surface area (Å²) in [5.41, 5.74) is 4.54. The SMILES string of the molecule is CCCCCCCCCCCCc1ccc(-c2ccc(-c3ccc(CCC)cc3)c(F)c2F)cc1. The van der Waals surface area contributed by atoms with Crippen molar-refractivity contribution in [2.75, 3.05) is 0 Å². The lowest BCUT2D eigenvalue weighted by molar-refractivity contribution is 0.514. The Kier molecular flexibility index (Phi) is 11.5. The molecule has 0 bridgehead atoms. The van der Waals surface area contributed by atoms with E-state index in [1.165, 1.54) is 75.3 Å². The predicted octanol–water partition coefficient (Wildman–Crippen LogP) is 10.7. The maximum Gasteiger partial charge on any atom is 0.167 e. The highest BCUT2D eigenvalue weighted by Crippen LogP contribution is 2.32. The molecule has 0 amide bonds. The third-order valence-electron chi connectivity index (χ3n) is 6.97. The van der Waals surface area contributed by atoms with Gasteiger partial charge in [-0.3, -0.25) is 0 Å². The highest BCUT2D eigenvalue weighted by Gasteiger charge is 2.16. The molecule has 0 aliphatic heterocycles. The van der Waals surface area contributed by atoms with Gasteiger partial charge < -0.3 is 0 Å². The number of hydrogen-bond donors (Lipinski definition) is 0. The summed E-state index contributed by atoms with van der Waals surface area (Å²) in [6, 6.07) is 19.1. The molecule has 0 saturated heterocycles. The Labute approximate surface area is 211 Å². The van der Waals surface area contributed by atoms with Crippen molar-refractivity contribution < 1.29 is 8.78 Å². The molecule has 0 heterocycles. The Morgan fingerprint density at radius 1 is 0.429 bits per heavy atom. The first kappa shape index (κ1) is 27.1. The highest BCUT2D eigenvalue weighted by molar-refractivity contribution is 5.72. The minimum absolute atomic E-state index is 0.312. The molecule has 0 saturated carbocycles. The summed E-state index contributed by atoms with van der Waals surface area (Å²) in [7, 11) is 0. The zero-order chi connectivity index (χ0) is 24.9. The number of benzene rings is 3. The fourth-order valence-corrected chi connectivity index (χ4v) is 4.80. The molecule has 0 atom stereocenters. The van der Waals surface area contributed by atoms with Gasteiger partial charge in [-0.25, -0.2) is 8.78 Å². The monoisotopic (exact) mass is 476 g/mol. The van der Waals surface area contributed by atoms with Crippen LogP contribution in [0.4, 0.5) is 8.78 Å². The maximum absolute atomic E-state index is 15.0. The minimum Gasteiger partial charge on any atom is -0.203 e. The zero-order valence-corrected chi connectivity index (χ0v) is 21.7. The van der Waals surface area contributed by atoms with E-state index in [4.69, 9.17) is 0 Å². The second kappa shape index (κ2) is 14.8. The van der Waals surface area contributed by atoms with E-state index in [9.17, 15) is 8.78 Å². The van der Waals surface area contributed by atoms with Gasteiger partial charge in [0.15, 0.2) is 11.6 Å². The van der Waals surface area contributed by atoms with E-state index in [-0.39, 0.29) is 0 Å². The number of halogens is 2. The lowest BCUT2D eigenvalue weighted by Crippen LogP contribution is -1.95. The van der Waals surface area contributed by atoms with E-state index in [0.717, 1.165) is 24.8 Å². The molecule has 0 radical (unpaired) electrons. The van der Waals surface area contributed by atoms with Crippen molar-refractivity contribution in [3.8, 4) is 22.3 Å². The average Bonchev–Trinajstić information content (AvgIpc) is 2.88. The van der Waals surface area contributed by atoms with Gasteiger partial charge in [0.05, 0.1) is 0 Å². The molecule has 188 valence electrons. The highest BCUT2D eigenvalue weighted by atomic mass is 19.2. The van der Waals surface area contributed by atoms with Crippen LogP contribution in [0.15, 0.2) is 60.7 Å². The third kappa shape index (κ3) is 8.30. The topological polar surface area (TPSA) is 0 Å². The molecule has 2 heteroatoms. The number of rotatable bonds is 15. The third-order valence-corrected chi connectivity index (χ3v) is 6.97. The van der Waals surface area contributed by atoms with Gasteiger partial charge in [-0.05, 0) is 41.5 Å². The van der Waals surface area contributed by atoms with Crippen molar-refractivity contribution in [3.63, 3.8) is 0 Å². The van der Waals surface area contributed by atoms with Gasteiger partial charge in [0.25, 0.3) is 0 Å². The van der Waals surface area contributed by atoms with Crippen LogP contribution in [0.5, 0.6) is 0 Å². The van der Waals surface area contributed by atoms with Gasteiger partial charge in [-0.2, -0.15) is 0 Å². The Bertz CT molecular complexity index is 1000. The quantitative estimate of drug-likeness (QED) is 0.191. The van der Waals surface area contributed by atoms with Crippen LogP contribution in [0.1, 0.15) is 95.6 Å².